The smallest absolute Gasteiger partial charge is 0.270 e. The SMILES string of the molecule is O=C1NOC[C@H]1N=Cc1ccc(C=N[C@@H]2CONC2=O)cc1. The largest absolute Gasteiger partial charge is 0.277 e. The molecule has 0 radical (unpaired) electrons. The van der Waals surface area contributed by atoms with Gasteiger partial charge in [-0.05, 0) is 11.1 Å². The van der Waals surface area contributed by atoms with Gasteiger partial charge in [0.05, 0.1) is 0 Å². The molecule has 8 nitrogen and oxygen atoms in total. The second-order valence-corrected chi connectivity index (χ2v) is 4.81. The van der Waals surface area contributed by atoms with Crippen LogP contribution in [0.1, 0.15) is 11.1 Å². The Morgan fingerprint density at radius 3 is 1.59 bits per heavy atom. The van der Waals surface area contributed by atoms with Gasteiger partial charge in [0.15, 0.2) is 12.1 Å². The molecule has 22 heavy (non-hydrogen) atoms. The molecule has 0 saturated carbocycles. The number of nitrogens with zero attached hydrogens (tertiary/aromatic N) is 2. The Kier molecular flexibility index (Phi) is 4.22. The number of carbonyl (C=O) groups excluding carboxylic acids is 2. The third kappa shape index (κ3) is 3.35. The van der Waals surface area contributed by atoms with Crippen molar-refractivity contribution >= 4 is 24.2 Å². The van der Waals surface area contributed by atoms with Gasteiger partial charge in [-0.15, -0.1) is 0 Å². The molecule has 8 heteroatoms. The van der Waals surface area contributed by atoms with E-state index in [1.807, 2.05) is 24.3 Å². The van der Waals surface area contributed by atoms with Crippen molar-refractivity contribution in [3.05, 3.63) is 35.4 Å². The van der Waals surface area contributed by atoms with Crippen LogP contribution in [0.25, 0.3) is 0 Å². The van der Waals surface area contributed by atoms with E-state index in [1.54, 1.807) is 12.4 Å². The third-order valence-electron chi connectivity index (χ3n) is 3.18. The van der Waals surface area contributed by atoms with Gasteiger partial charge in [-0.25, -0.2) is 11.0 Å². The average molecular weight is 302 g/mol. The molecule has 2 atom stereocenters. The standard InChI is InChI=1S/C14H14N4O4/c19-13-11(7-21-17-13)15-5-9-1-2-10(4-3-9)6-16-12-8-22-18-14(12)20/h1-6,11-12H,7-8H2,(H,17,19)(H,18,20)/t11-,12-/m1/s1. The minimum atomic E-state index is -0.498. The quantitative estimate of drug-likeness (QED) is 0.724. The monoisotopic (exact) mass is 302 g/mol. The van der Waals surface area contributed by atoms with E-state index in [4.69, 9.17) is 9.68 Å². The summed E-state index contributed by atoms with van der Waals surface area (Å²) in [5.74, 6) is -0.478. The van der Waals surface area contributed by atoms with Crippen LogP contribution < -0.4 is 11.0 Å². The van der Waals surface area contributed by atoms with Crippen molar-refractivity contribution in [2.24, 2.45) is 9.98 Å². The summed E-state index contributed by atoms with van der Waals surface area (Å²) in [6.45, 7) is 0.483. The first-order valence-corrected chi connectivity index (χ1v) is 6.72. The molecular formula is C14H14N4O4. The van der Waals surface area contributed by atoms with E-state index in [0.717, 1.165) is 11.1 Å². The minimum Gasteiger partial charge on any atom is -0.277 e. The van der Waals surface area contributed by atoms with Crippen LogP contribution in [0.5, 0.6) is 0 Å². The van der Waals surface area contributed by atoms with Crippen LogP contribution in [0.4, 0.5) is 0 Å². The normalized spacial score (nSPS) is 25.1. The summed E-state index contributed by atoms with van der Waals surface area (Å²) in [6.07, 6.45) is 3.25. The number of hydrogen-bond acceptors (Lipinski definition) is 6. The van der Waals surface area contributed by atoms with E-state index in [0.29, 0.717) is 0 Å². The number of hydrogen-bond donors (Lipinski definition) is 2. The number of amides is 2. The van der Waals surface area contributed by atoms with Crippen LogP contribution in [0, 0.1) is 0 Å². The van der Waals surface area contributed by atoms with Crippen molar-refractivity contribution in [2.45, 2.75) is 12.1 Å². The van der Waals surface area contributed by atoms with Crippen LogP contribution >= 0.6 is 0 Å². The molecular weight excluding hydrogens is 288 g/mol. The van der Waals surface area contributed by atoms with Crippen molar-refractivity contribution in [1.29, 1.82) is 0 Å². The van der Waals surface area contributed by atoms with Gasteiger partial charge in [0.25, 0.3) is 11.8 Å². The van der Waals surface area contributed by atoms with Gasteiger partial charge >= 0.3 is 0 Å². The van der Waals surface area contributed by atoms with Crippen molar-refractivity contribution in [3.8, 4) is 0 Å². The zero-order valence-electron chi connectivity index (χ0n) is 11.6. The maximum Gasteiger partial charge on any atom is 0.270 e. The molecule has 3 rings (SSSR count). The number of nitrogens with one attached hydrogen (secondary N) is 2. The van der Waals surface area contributed by atoms with Crippen molar-refractivity contribution in [2.75, 3.05) is 13.2 Å². The van der Waals surface area contributed by atoms with Gasteiger partial charge in [0.1, 0.15) is 13.2 Å². The van der Waals surface area contributed by atoms with Crippen LogP contribution in [-0.4, -0.2) is 49.5 Å². The molecule has 2 fully saturated rings. The maximum atomic E-state index is 11.3. The first kappa shape index (κ1) is 14.4. The molecule has 0 spiro atoms. The molecule has 0 unspecified atom stereocenters. The molecule has 1 aromatic rings. The van der Waals surface area contributed by atoms with Crippen LogP contribution in [0.3, 0.4) is 0 Å². The lowest BCUT2D eigenvalue weighted by Crippen LogP contribution is -2.21. The predicted octanol–water partition coefficient (Wildman–Crippen LogP) is -0.616. The van der Waals surface area contributed by atoms with Crippen molar-refractivity contribution in [1.82, 2.24) is 11.0 Å². The molecule has 1 aromatic carbocycles. The summed E-state index contributed by atoms with van der Waals surface area (Å²) in [6, 6.07) is 6.41. The van der Waals surface area contributed by atoms with Gasteiger partial charge < -0.3 is 0 Å². The van der Waals surface area contributed by atoms with Gasteiger partial charge in [0.2, 0.25) is 0 Å². The fourth-order valence-electron chi connectivity index (χ4n) is 1.91. The van der Waals surface area contributed by atoms with E-state index in [2.05, 4.69) is 20.9 Å². The number of hydroxylamine groups is 2. The average Bonchev–Trinajstić information content (AvgIpc) is 3.12. The van der Waals surface area contributed by atoms with Crippen LogP contribution in [0.2, 0.25) is 0 Å². The fraction of sp³-hybridized carbons (Fsp3) is 0.286. The molecule has 0 bridgehead atoms. The zero-order valence-corrected chi connectivity index (χ0v) is 11.6. The lowest BCUT2D eigenvalue weighted by Gasteiger charge is -1.99. The maximum absolute atomic E-state index is 11.3. The van der Waals surface area contributed by atoms with Gasteiger partial charge in [-0.3, -0.25) is 29.2 Å². The molecule has 2 amide bonds. The van der Waals surface area contributed by atoms with E-state index >= 15 is 0 Å². The number of aliphatic imine (C=N–C) groups is 2. The van der Waals surface area contributed by atoms with Gasteiger partial charge in [0, 0.05) is 12.4 Å². The molecule has 2 heterocycles. The Morgan fingerprint density at radius 2 is 1.27 bits per heavy atom. The van der Waals surface area contributed by atoms with E-state index < -0.39 is 12.1 Å². The molecule has 2 N–H and O–H groups in total. The van der Waals surface area contributed by atoms with E-state index in [9.17, 15) is 9.59 Å². The Morgan fingerprint density at radius 1 is 0.864 bits per heavy atom. The highest BCUT2D eigenvalue weighted by Gasteiger charge is 2.24. The minimum absolute atomic E-state index is 0.239. The fourth-order valence-corrected chi connectivity index (χ4v) is 1.91. The van der Waals surface area contributed by atoms with Crippen molar-refractivity contribution in [3.63, 3.8) is 0 Å². The number of benzene rings is 1. The summed E-state index contributed by atoms with van der Waals surface area (Å²) in [5, 5.41) is 0. The molecule has 2 saturated heterocycles. The highest BCUT2D eigenvalue weighted by atomic mass is 16.7. The molecule has 114 valence electrons. The lowest BCUT2D eigenvalue weighted by atomic mass is 10.1. The summed E-state index contributed by atoms with van der Waals surface area (Å²) in [7, 11) is 0. The molecule has 2 aliphatic rings. The van der Waals surface area contributed by atoms with E-state index in [-0.39, 0.29) is 25.0 Å². The summed E-state index contributed by atoms with van der Waals surface area (Å²) in [5.41, 5.74) is 6.22. The summed E-state index contributed by atoms with van der Waals surface area (Å²) < 4.78 is 0. The Hall–Kier alpha value is -2.58. The highest BCUT2D eigenvalue weighted by Crippen LogP contribution is 2.05. The molecule has 0 aromatic heterocycles. The van der Waals surface area contributed by atoms with Crippen molar-refractivity contribution < 1.29 is 19.3 Å². The predicted molar refractivity (Wildman–Crippen MR) is 77.4 cm³/mol. The van der Waals surface area contributed by atoms with Gasteiger partial charge in [-0.1, -0.05) is 24.3 Å². The summed E-state index contributed by atoms with van der Waals surface area (Å²) in [4.78, 5) is 40.5. The Bertz CT molecular complexity index is 571. The van der Waals surface area contributed by atoms with Gasteiger partial charge in [-0.2, -0.15) is 0 Å². The molecule has 2 aliphatic heterocycles. The first-order chi connectivity index (χ1) is 10.7. The Balaban J connectivity index is 1.60. The Labute approximate surface area is 126 Å². The second kappa shape index (κ2) is 6.46. The first-order valence-electron chi connectivity index (χ1n) is 6.72. The number of rotatable bonds is 4. The third-order valence-corrected chi connectivity index (χ3v) is 3.18. The van der Waals surface area contributed by atoms with Crippen LogP contribution in [-0.2, 0) is 19.3 Å². The van der Waals surface area contributed by atoms with E-state index in [1.165, 1.54) is 0 Å². The highest BCUT2D eigenvalue weighted by molar-refractivity contribution is 5.89. The second-order valence-electron chi connectivity index (χ2n) is 4.81. The lowest BCUT2D eigenvalue weighted by molar-refractivity contribution is -0.125. The summed E-state index contributed by atoms with van der Waals surface area (Å²) >= 11 is 0. The topological polar surface area (TPSA) is 101 Å². The van der Waals surface area contributed by atoms with Crippen LogP contribution in [0.15, 0.2) is 34.3 Å². The molecule has 0 aliphatic carbocycles. The zero-order chi connectivity index (χ0) is 15.4. The number of carbonyl (C=O) groups is 2.